The second-order valence-electron chi connectivity index (χ2n) is 3.25. The van der Waals surface area contributed by atoms with E-state index in [9.17, 15) is 0 Å². The molecule has 0 saturated heterocycles. The van der Waals surface area contributed by atoms with Crippen molar-refractivity contribution in [1.29, 1.82) is 0 Å². The number of aliphatic hydroxyl groups is 1. The molecule has 4 heteroatoms. The first kappa shape index (κ1) is 10.2. The van der Waals surface area contributed by atoms with Crippen LogP contribution in [0.5, 0.6) is 0 Å². The Balaban J connectivity index is 2.22. The maximum absolute atomic E-state index is 9.01. The van der Waals surface area contributed by atoms with Gasteiger partial charge in [0.15, 0.2) is 0 Å². The minimum absolute atomic E-state index is 0.0562. The zero-order valence-corrected chi connectivity index (χ0v) is 8.74. The first-order valence-corrected chi connectivity index (χ1v) is 4.95. The summed E-state index contributed by atoms with van der Waals surface area (Å²) in [5.41, 5.74) is 2.51. The minimum Gasteiger partial charge on any atom is -0.391 e. The standard InChI is InChI=1S/C11H10ClNO2/c12-10-3-1-2-8(4-10)5-11-9(6-14)7-15-13-11/h1-4,7,14H,5-6H2. The second-order valence-corrected chi connectivity index (χ2v) is 3.69. The second kappa shape index (κ2) is 4.47. The fourth-order valence-corrected chi connectivity index (χ4v) is 1.61. The molecule has 3 nitrogen and oxygen atoms in total. The van der Waals surface area contributed by atoms with Crippen molar-refractivity contribution in [2.75, 3.05) is 0 Å². The van der Waals surface area contributed by atoms with Gasteiger partial charge < -0.3 is 9.63 Å². The van der Waals surface area contributed by atoms with Gasteiger partial charge >= 0.3 is 0 Å². The fourth-order valence-electron chi connectivity index (χ4n) is 1.39. The van der Waals surface area contributed by atoms with E-state index in [4.69, 9.17) is 21.2 Å². The van der Waals surface area contributed by atoms with Crippen molar-refractivity contribution in [3.63, 3.8) is 0 Å². The lowest BCUT2D eigenvalue weighted by Crippen LogP contribution is -1.93. The van der Waals surface area contributed by atoms with Crippen molar-refractivity contribution in [2.24, 2.45) is 0 Å². The van der Waals surface area contributed by atoms with E-state index in [1.54, 1.807) is 0 Å². The molecule has 78 valence electrons. The van der Waals surface area contributed by atoms with Gasteiger partial charge in [-0.1, -0.05) is 28.9 Å². The number of aromatic nitrogens is 1. The molecule has 0 aliphatic rings. The molecule has 0 radical (unpaired) electrons. The predicted octanol–water partition coefficient (Wildman–Crippen LogP) is 2.41. The Labute approximate surface area is 92.3 Å². The van der Waals surface area contributed by atoms with Gasteiger partial charge in [0.2, 0.25) is 0 Å². The third-order valence-corrected chi connectivity index (χ3v) is 2.39. The van der Waals surface area contributed by atoms with Gasteiger partial charge in [0.1, 0.15) is 6.26 Å². The molecule has 0 bridgehead atoms. The lowest BCUT2D eigenvalue weighted by molar-refractivity contribution is 0.279. The monoisotopic (exact) mass is 223 g/mol. The number of aliphatic hydroxyl groups excluding tert-OH is 1. The van der Waals surface area contributed by atoms with Crippen LogP contribution in [0.15, 0.2) is 35.1 Å². The van der Waals surface area contributed by atoms with E-state index >= 15 is 0 Å². The first-order chi connectivity index (χ1) is 7.29. The van der Waals surface area contributed by atoms with Crippen LogP contribution in [0, 0.1) is 0 Å². The molecule has 0 spiro atoms. The molecule has 0 saturated carbocycles. The Morgan fingerprint density at radius 1 is 1.40 bits per heavy atom. The largest absolute Gasteiger partial charge is 0.391 e. The van der Waals surface area contributed by atoms with Crippen molar-refractivity contribution >= 4 is 11.6 Å². The van der Waals surface area contributed by atoms with E-state index in [0.29, 0.717) is 11.4 Å². The van der Waals surface area contributed by atoms with Crippen LogP contribution in [-0.4, -0.2) is 10.3 Å². The summed E-state index contributed by atoms with van der Waals surface area (Å²) in [7, 11) is 0. The predicted molar refractivity (Wildman–Crippen MR) is 56.7 cm³/mol. The Kier molecular flexibility index (Phi) is 3.04. The number of hydrogen-bond donors (Lipinski definition) is 1. The highest BCUT2D eigenvalue weighted by molar-refractivity contribution is 6.30. The van der Waals surface area contributed by atoms with Crippen molar-refractivity contribution in [3.05, 3.63) is 52.4 Å². The van der Waals surface area contributed by atoms with E-state index in [1.165, 1.54) is 6.26 Å². The van der Waals surface area contributed by atoms with Crippen molar-refractivity contribution in [1.82, 2.24) is 5.16 Å². The highest BCUT2D eigenvalue weighted by Gasteiger charge is 2.07. The van der Waals surface area contributed by atoms with Crippen molar-refractivity contribution < 1.29 is 9.63 Å². The number of benzene rings is 1. The van der Waals surface area contributed by atoms with E-state index in [2.05, 4.69) is 5.16 Å². The summed E-state index contributed by atoms with van der Waals surface area (Å²) in [6, 6.07) is 7.54. The van der Waals surface area contributed by atoms with Crippen LogP contribution >= 0.6 is 11.6 Å². The summed E-state index contributed by atoms with van der Waals surface area (Å²) in [6.07, 6.45) is 2.08. The molecule has 1 aromatic heterocycles. The molecule has 0 unspecified atom stereocenters. The van der Waals surface area contributed by atoms with E-state index < -0.39 is 0 Å². The molecular weight excluding hydrogens is 214 g/mol. The Morgan fingerprint density at radius 2 is 2.27 bits per heavy atom. The van der Waals surface area contributed by atoms with Gasteiger partial charge in [-0.2, -0.15) is 0 Å². The molecule has 0 aliphatic heterocycles. The zero-order chi connectivity index (χ0) is 10.7. The van der Waals surface area contributed by atoms with E-state index in [1.807, 2.05) is 24.3 Å². The van der Waals surface area contributed by atoms with Gasteiger partial charge in [-0.15, -0.1) is 0 Å². The molecule has 1 N–H and O–H groups in total. The Hall–Kier alpha value is -1.32. The lowest BCUT2D eigenvalue weighted by Gasteiger charge is -1.99. The highest BCUT2D eigenvalue weighted by Crippen LogP contribution is 2.16. The van der Waals surface area contributed by atoms with Gasteiger partial charge in [0.05, 0.1) is 12.3 Å². The van der Waals surface area contributed by atoms with Gasteiger partial charge in [0, 0.05) is 17.0 Å². The topological polar surface area (TPSA) is 46.3 Å². The SMILES string of the molecule is OCc1conc1Cc1cccc(Cl)c1. The molecule has 0 fully saturated rings. The average molecular weight is 224 g/mol. The fraction of sp³-hybridized carbons (Fsp3) is 0.182. The summed E-state index contributed by atoms with van der Waals surface area (Å²) in [6.45, 7) is -0.0562. The van der Waals surface area contributed by atoms with Gasteiger partial charge in [-0.25, -0.2) is 0 Å². The molecule has 1 aromatic carbocycles. The van der Waals surface area contributed by atoms with Crippen LogP contribution in [0.2, 0.25) is 5.02 Å². The number of hydrogen-bond acceptors (Lipinski definition) is 3. The van der Waals surface area contributed by atoms with Crippen LogP contribution in [0.25, 0.3) is 0 Å². The summed E-state index contributed by atoms with van der Waals surface area (Å²) < 4.78 is 4.80. The maximum atomic E-state index is 9.01. The normalized spacial score (nSPS) is 10.5. The summed E-state index contributed by atoms with van der Waals surface area (Å²) in [4.78, 5) is 0. The number of rotatable bonds is 3. The van der Waals surface area contributed by atoms with Crippen molar-refractivity contribution in [2.45, 2.75) is 13.0 Å². The van der Waals surface area contributed by atoms with Crippen LogP contribution in [-0.2, 0) is 13.0 Å². The number of nitrogens with zero attached hydrogens (tertiary/aromatic N) is 1. The molecule has 2 rings (SSSR count). The molecule has 0 atom stereocenters. The van der Waals surface area contributed by atoms with Gasteiger partial charge in [-0.05, 0) is 17.7 Å². The Bertz CT molecular complexity index is 453. The maximum Gasteiger partial charge on any atom is 0.129 e. The molecular formula is C11H10ClNO2. The zero-order valence-electron chi connectivity index (χ0n) is 7.98. The molecule has 2 aromatic rings. The molecule has 0 aliphatic carbocycles. The van der Waals surface area contributed by atoms with Gasteiger partial charge in [0.25, 0.3) is 0 Å². The Morgan fingerprint density at radius 3 is 3.00 bits per heavy atom. The van der Waals surface area contributed by atoms with Crippen LogP contribution in [0.1, 0.15) is 16.8 Å². The average Bonchev–Trinajstić information content (AvgIpc) is 2.65. The summed E-state index contributed by atoms with van der Waals surface area (Å²) in [5, 5.41) is 13.5. The third-order valence-electron chi connectivity index (χ3n) is 2.16. The molecule has 0 amide bonds. The number of halogens is 1. The smallest absolute Gasteiger partial charge is 0.129 e. The van der Waals surface area contributed by atoms with E-state index in [0.717, 1.165) is 16.8 Å². The van der Waals surface area contributed by atoms with E-state index in [-0.39, 0.29) is 6.61 Å². The van der Waals surface area contributed by atoms with Crippen molar-refractivity contribution in [3.8, 4) is 0 Å². The van der Waals surface area contributed by atoms with Crippen LogP contribution < -0.4 is 0 Å². The molecule has 1 heterocycles. The quantitative estimate of drug-likeness (QED) is 0.869. The van der Waals surface area contributed by atoms with Crippen LogP contribution in [0.4, 0.5) is 0 Å². The summed E-state index contributed by atoms with van der Waals surface area (Å²) in [5.74, 6) is 0. The minimum atomic E-state index is -0.0562. The van der Waals surface area contributed by atoms with Gasteiger partial charge in [-0.3, -0.25) is 0 Å². The van der Waals surface area contributed by atoms with Crippen LogP contribution in [0.3, 0.4) is 0 Å². The highest BCUT2D eigenvalue weighted by atomic mass is 35.5. The lowest BCUT2D eigenvalue weighted by atomic mass is 10.1. The molecule has 15 heavy (non-hydrogen) atoms. The first-order valence-electron chi connectivity index (χ1n) is 4.57. The third kappa shape index (κ3) is 2.37. The summed E-state index contributed by atoms with van der Waals surface area (Å²) >= 11 is 5.87.